The molecule has 0 fully saturated rings. The molecule has 2 heteroatoms. The van der Waals surface area contributed by atoms with Gasteiger partial charge in [-0.05, 0) is 18.8 Å². The molecule has 0 aliphatic heterocycles. The molecule has 0 bridgehead atoms. The highest BCUT2D eigenvalue weighted by Crippen LogP contribution is 2.13. The van der Waals surface area contributed by atoms with Gasteiger partial charge in [0.2, 0.25) is 0 Å². The van der Waals surface area contributed by atoms with Gasteiger partial charge in [-0.1, -0.05) is 44.7 Å². The van der Waals surface area contributed by atoms with Gasteiger partial charge in [0.05, 0.1) is 0 Å². The first-order chi connectivity index (χ1) is 5.13. The molecule has 11 heavy (non-hydrogen) atoms. The molecule has 1 unspecified atom stereocenters. The van der Waals surface area contributed by atoms with E-state index in [1.807, 2.05) is 0 Å². The minimum absolute atomic E-state index is 0.514. The first-order valence-corrected chi connectivity index (χ1v) is 4.84. The summed E-state index contributed by atoms with van der Waals surface area (Å²) in [6.45, 7) is 4.42. The Morgan fingerprint density at radius 3 is 2.09 bits per heavy atom. The van der Waals surface area contributed by atoms with Gasteiger partial charge < -0.3 is 0 Å². The SMILES string of the molecule is CC(C)CCCCCC(F)Cl. The van der Waals surface area contributed by atoms with Crippen molar-refractivity contribution in [3.63, 3.8) is 0 Å². The molecule has 0 rings (SSSR count). The molecule has 0 radical (unpaired) electrons. The molecule has 0 nitrogen and oxygen atoms in total. The van der Waals surface area contributed by atoms with E-state index in [0.717, 1.165) is 18.8 Å². The highest BCUT2D eigenvalue weighted by molar-refractivity contribution is 6.19. The molecule has 1 atom stereocenters. The second kappa shape index (κ2) is 6.90. The third kappa shape index (κ3) is 10.2. The second-order valence-corrected chi connectivity index (χ2v) is 3.90. The third-order valence-corrected chi connectivity index (χ3v) is 1.92. The van der Waals surface area contributed by atoms with Crippen LogP contribution in [0.5, 0.6) is 0 Å². The second-order valence-electron chi connectivity index (χ2n) is 3.42. The molecule has 0 aliphatic rings. The maximum absolute atomic E-state index is 12.1. The van der Waals surface area contributed by atoms with Crippen LogP contribution < -0.4 is 0 Å². The van der Waals surface area contributed by atoms with Gasteiger partial charge in [-0.3, -0.25) is 0 Å². The summed E-state index contributed by atoms with van der Waals surface area (Å²) in [4.78, 5) is 0. The summed E-state index contributed by atoms with van der Waals surface area (Å²) in [7, 11) is 0. The van der Waals surface area contributed by atoms with Crippen molar-refractivity contribution in [2.24, 2.45) is 5.92 Å². The summed E-state index contributed by atoms with van der Waals surface area (Å²) < 4.78 is 12.1. The average Bonchev–Trinajstić information content (AvgIpc) is 1.85. The van der Waals surface area contributed by atoms with Gasteiger partial charge in [-0.2, -0.15) is 0 Å². The zero-order valence-corrected chi connectivity index (χ0v) is 8.20. The van der Waals surface area contributed by atoms with Crippen LogP contribution in [0.1, 0.15) is 46.0 Å². The lowest BCUT2D eigenvalue weighted by Gasteiger charge is -2.03. The fraction of sp³-hybridized carbons (Fsp3) is 1.00. The van der Waals surface area contributed by atoms with Gasteiger partial charge in [0.25, 0.3) is 0 Å². The fourth-order valence-electron chi connectivity index (χ4n) is 1.03. The predicted molar refractivity (Wildman–Crippen MR) is 48.7 cm³/mol. The number of rotatable bonds is 6. The first kappa shape index (κ1) is 11.2. The minimum Gasteiger partial charge on any atom is -0.230 e. The van der Waals surface area contributed by atoms with E-state index < -0.39 is 5.63 Å². The van der Waals surface area contributed by atoms with Crippen molar-refractivity contribution in [3.8, 4) is 0 Å². The Bertz CT molecular complexity index is 71.6. The Labute approximate surface area is 74.1 Å². The summed E-state index contributed by atoms with van der Waals surface area (Å²) >= 11 is 5.15. The molecular weight excluding hydrogens is 163 g/mol. The summed E-state index contributed by atoms with van der Waals surface area (Å²) in [5.41, 5.74) is -1.13. The Hall–Kier alpha value is 0.220. The van der Waals surface area contributed by atoms with E-state index in [-0.39, 0.29) is 0 Å². The third-order valence-electron chi connectivity index (χ3n) is 1.70. The predicted octanol–water partition coefficient (Wildman–Crippen LogP) is 4.13. The molecule has 0 aromatic carbocycles. The average molecular weight is 181 g/mol. The molecular formula is C9H18ClF. The lowest BCUT2D eigenvalue weighted by Crippen LogP contribution is -1.90. The van der Waals surface area contributed by atoms with Crippen LogP contribution in [0.15, 0.2) is 0 Å². The summed E-state index contributed by atoms with van der Waals surface area (Å²) in [6, 6.07) is 0. The van der Waals surface area contributed by atoms with Gasteiger partial charge in [-0.25, -0.2) is 4.39 Å². The molecule has 0 saturated carbocycles. The minimum atomic E-state index is -1.13. The van der Waals surface area contributed by atoms with Crippen LogP contribution in [0.3, 0.4) is 0 Å². The largest absolute Gasteiger partial charge is 0.230 e. The van der Waals surface area contributed by atoms with Crippen LogP contribution in [-0.2, 0) is 0 Å². The number of halogens is 2. The number of hydrogen-bond acceptors (Lipinski definition) is 0. The Morgan fingerprint density at radius 2 is 1.64 bits per heavy atom. The molecule has 68 valence electrons. The van der Waals surface area contributed by atoms with Crippen molar-refractivity contribution >= 4 is 11.6 Å². The molecule has 0 amide bonds. The maximum Gasteiger partial charge on any atom is 0.173 e. The fourth-order valence-corrected chi connectivity index (χ4v) is 1.18. The van der Waals surface area contributed by atoms with Crippen LogP contribution in [-0.4, -0.2) is 5.63 Å². The molecule has 0 aromatic heterocycles. The molecule has 0 aliphatic carbocycles. The molecule has 0 spiro atoms. The summed E-state index contributed by atoms with van der Waals surface area (Å²) in [6.07, 6.45) is 5.02. The van der Waals surface area contributed by atoms with Crippen molar-refractivity contribution < 1.29 is 4.39 Å². The zero-order valence-electron chi connectivity index (χ0n) is 7.45. The Kier molecular flexibility index (Phi) is 7.04. The van der Waals surface area contributed by atoms with E-state index in [4.69, 9.17) is 11.6 Å². The molecule has 0 saturated heterocycles. The zero-order chi connectivity index (χ0) is 8.69. The highest BCUT2D eigenvalue weighted by atomic mass is 35.5. The van der Waals surface area contributed by atoms with Gasteiger partial charge >= 0.3 is 0 Å². The topological polar surface area (TPSA) is 0 Å². The van der Waals surface area contributed by atoms with Crippen molar-refractivity contribution in [1.82, 2.24) is 0 Å². The van der Waals surface area contributed by atoms with E-state index in [2.05, 4.69) is 13.8 Å². The van der Waals surface area contributed by atoms with Crippen molar-refractivity contribution in [2.75, 3.05) is 0 Å². The lowest BCUT2D eigenvalue weighted by molar-refractivity contribution is 0.400. The molecule has 0 aromatic rings. The monoisotopic (exact) mass is 180 g/mol. The Balaban J connectivity index is 2.91. The van der Waals surface area contributed by atoms with Crippen LogP contribution >= 0.6 is 11.6 Å². The Morgan fingerprint density at radius 1 is 1.09 bits per heavy atom. The molecule has 0 N–H and O–H groups in total. The van der Waals surface area contributed by atoms with Gasteiger partial charge in [0.1, 0.15) is 0 Å². The van der Waals surface area contributed by atoms with Crippen molar-refractivity contribution in [2.45, 2.75) is 51.6 Å². The smallest absolute Gasteiger partial charge is 0.173 e. The van der Waals surface area contributed by atoms with Crippen molar-refractivity contribution in [3.05, 3.63) is 0 Å². The first-order valence-electron chi connectivity index (χ1n) is 4.41. The number of hydrogen-bond donors (Lipinski definition) is 0. The number of unbranched alkanes of at least 4 members (excludes halogenated alkanes) is 2. The van der Waals surface area contributed by atoms with E-state index in [9.17, 15) is 4.39 Å². The maximum atomic E-state index is 12.1. The van der Waals surface area contributed by atoms with E-state index in [0.29, 0.717) is 6.42 Å². The van der Waals surface area contributed by atoms with Gasteiger partial charge in [0.15, 0.2) is 5.63 Å². The van der Waals surface area contributed by atoms with Crippen LogP contribution in [0.2, 0.25) is 0 Å². The highest BCUT2D eigenvalue weighted by Gasteiger charge is 1.99. The van der Waals surface area contributed by atoms with E-state index in [1.165, 1.54) is 12.8 Å². The normalized spacial score (nSPS) is 13.9. The van der Waals surface area contributed by atoms with Crippen LogP contribution in [0.25, 0.3) is 0 Å². The molecule has 0 heterocycles. The summed E-state index contributed by atoms with van der Waals surface area (Å²) in [5.74, 6) is 0.771. The quantitative estimate of drug-likeness (QED) is 0.426. The number of alkyl halides is 2. The van der Waals surface area contributed by atoms with E-state index >= 15 is 0 Å². The van der Waals surface area contributed by atoms with Crippen LogP contribution in [0.4, 0.5) is 4.39 Å². The lowest BCUT2D eigenvalue weighted by atomic mass is 10.0. The standard InChI is InChI=1S/C9H18ClF/c1-8(2)6-4-3-5-7-9(10)11/h8-9H,3-7H2,1-2H3. The van der Waals surface area contributed by atoms with E-state index in [1.54, 1.807) is 0 Å². The van der Waals surface area contributed by atoms with Crippen LogP contribution in [0, 0.1) is 5.92 Å². The van der Waals surface area contributed by atoms with Gasteiger partial charge in [-0.15, -0.1) is 0 Å². The van der Waals surface area contributed by atoms with Gasteiger partial charge in [0, 0.05) is 0 Å². The summed E-state index contributed by atoms with van der Waals surface area (Å²) in [5, 5.41) is 0. The van der Waals surface area contributed by atoms with Crippen molar-refractivity contribution in [1.29, 1.82) is 0 Å².